The van der Waals surface area contributed by atoms with Crippen LogP contribution in [0.4, 0.5) is 0 Å². The first-order valence-corrected chi connectivity index (χ1v) is 6.62. The predicted molar refractivity (Wildman–Crippen MR) is 75.1 cm³/mol. The maximum atomic E-state index is 6.14. The minimum Gasteiger partial charge on any atom is -0.485 e. The Bertz CT molecular complexity index is 524. The van der Waals surface area contributed by atoms with Gasteiger partial charge in [0.1, 0.15) is 11.9 Å². The summed E-state index contributed by atoms with van der Waals surface area (Å²) >= 11 is 0. The summed E-state index contributed by atoms with van der Waals surface area (Å²) in [5, 5.41) is 0. The van der Waals surface area contributed by atoms with Gasteiger partial charge in [-0.15, -0.1) is 6.58 Å². The summed E-state index contributed by atoms with van der Waals surface area (Å²) in [6.45, 7) is 6.13. The van der Waals surface area contributed by atoms with Gasteiger partial charge >= 0.3 is 0 Å². The van der Waals surface area contributed by atoms with Crippen LogP contribution in [0.2, 0.25) is 0 Å². The van der Waals surface area contributed by atoms with E-state index in [9.17, 15) is 0 Å². The van der Waals surface area contributed by atoms with Crippen LogP contribution in [-0.4, -0.2) is 6.10 Å². The van der Waals surface area contributed by atoms with Crippen molar-refractivity contribution in [2.45, 2.75) is 31.3 Å². The average molecular weight is 238 g/mol. The fourth-order valence-corrected chi connectivity index (χ4v) is 2.89. The first kappa shape index (κ1) is 11.3. The topological polar surface area (TPSA) is 9.23 Å². The van der Waals surface area contributed by atoms with Gasteiger partial charge in [0.25, 0.3) is 0 Å². The summed E-state index contributed by atoms with van der Waals surface area (Å²) in [5.74, 6) is 1.84. The van der Waals surface area contributed by atoms with E-state index < -0.39 is 0 Å². The second kappa shape index (κ2) is 4.49. The molecule has 2 aliphatic rings. The zero-order chi connectivity index (χ0) is 12.5. The van der Waals surface area contributed by atoms with Gasteiger partial charge in [-0.1, -0.05) is 49.4 Å². The lowest BCUT2D eigenvalue weighted by molar-refractivity contribution is 0.266. The summed E-state index contributed by atoms with van der Waals surface area (Å²) in [7, 11) is 0. The van der Waals surface area contributed by atoms with Crippen molar-refractivity contribution in [2.75, 3.05) is 0 Å². The molecule has 3 unspecified atom stereocenters. The number of hydrogen-bond donors (Lipinski definition) is 0. The van der Waals surface area contributed by atoms with Crippen LogP contribution in [0.3, 0.4) is 0 Å². The molecule has 0 spiro atoms. The third kappa shape index (κ3) is 1.62. The van der Waals surface area contributed by atoms with E-state index in [1.165, 1.54) is 11.1 Å². The van der Waals surface area contributed by atoms with Crippen molar-refractivity contribution < 1.29 is 4.74 Å². The maximum Gasteiger partial charge on any atom is 0.128 e. The molecule has 1 nitrogen and oxygen atoms in total. The smallest absolute Gasteiger partial charge is 0.128 e. The fourth-order valence-electron chi connectivity index (χ4n) is 2.89. The normalized spacial score (nSPS) is 25.2. The molecule has 0 fully saturated rings. The Hall–Kier alpha value is -1.76. The number of ether oxygens (including phenoxy) is 1. The predicted octanol–water partition coefficient (Wildman–Crippen LogP) is 4.34. The Morgan fingerprint density at radius 3 is 2.94 bits per heavy atom. The molecule has 18 heavy (non-hydrogen) atoms. The van der Waals surface area contributed by atoms with E-state index in [1.54, 1.807) is 0 Å². The van der Waals surface area contributed by atoms with Crippen LogP contribution in [0.15, 0.2) is 55.2 Å². The first-order chi connectivity index (χ1) is 8.85. The quantitative estimate of drug-likeness (QED) is 0.712. The van der Waals surface area contributed by atoms with Crippen LogP contribution in [0, 0.1) is 0 Å². The van der Waals surface area contributed by atoms with Crippen molar-refractivity contribution in [1.29, 1.82) is 0 Å². The summed E-state index contributed by atoms with van der Waals surface area (Å²) < 4.78 is 6.14. The monoisotopic (exact) mass is 238 g/mol. The Balaban J connectivity index is 2.07. The molecule has 3 atom stereocenters. The molecule has 1 aliphatic carbocycles. The Morgan fingerprint density at radius 1 is 1.33 bits per heavy atom. The van der Waals surface area contributed by atoms with E-state index in [0.29, 0.717) is 11.8 Å². The highest BCUT2D eigenvalue weighted by Crippen LogP contribution is 2.45. The lowest BCUT2D eigenvalue weighted by atomic mass is 9.88. The number of benzene rings is 1. The Kier molecular flexibility index (Phi) is 2.83. The van der Waals surface area contributed by atoms with Gasteiger partial charge in [0.15, 0.2) is 0 Å². The molecule has 0 amide bonds. The molecule has 92 valence electrons. The molecule has 0 radical (unpaired) electrons. The van der Waals surface area contributed by atoms with Crippen LogP contribution >= 0.6 is 0 Å². The highest BCUT2D eigenvalue weighted by atomic mass is 16.5. The van der Waals surface area contributed by atoms with Gasteiger partial charge in [-0.05, 0) is 12.5 Å². The standard InChI is InChI=1S/C17H18O/c1-3-12(4-2)13-9-7-10-15-14-8-5-6-11-16(14)18-17(13)15/h3,5-12,14,16H,1,4H2,2H3. The Morgan fingerprint density at radius 2 is 2.17 bits per heavy atom. The molecule has 0 N–H and O–H groups in total. The third-order valence-electron chi connectivity index (χ3n) is 3.90. The van der Waals surface area contributed by atoms with Crippen LogP contribution in [0.1, 0.15) is 36.3 Å². The summed E-state index contributed by atoms with van der Waals surface area (Å²) in [6.07, 6.45) is 11.8. The van der Waals surface area contributed by atoms with Crippen LogP contribution < -0.4 is 4.74 Å². The largest absolute Gasteiger partial charge is 0.485 e. The van der Waals surface area contributed by atoms with E-state index >= 15 is 0 Å². The van der Waals surface area contributed by atoms with Gasteiger partial charge in [0, 0.05) is 23.0 Å². The molecular weight excluding hydrogens is 220 g/mol. The average Bonchev–Trinajstić information content (AvgIpc) is 2.80. The molecule has 1 aliphatic heterocycles. The van der Waals surface area contributed by atoms with Gasteiger partial charge < -0.3 is 4.74 Å². The van der Waals surface area contributed by atoms with Crippen molar-refractivity contribution in [3.8, 4) is 5.75 Å². The zero-order valence-corrected chi connectivity index (χ0v) is 10.7. The van der Waals surface area contributed by atoms with E-state index in [1.807, 2.05) is 6.08 Å². The number of hydrogen-bond acceptors (Lipinski definition) is 1. The second-order valence-electron chi connectivity index (χ2n) is 4.89. The highest BCUT2D eigenvalue weighted by molar-refractivity contribution is 5.53. The second-order valence-corrected chi connectivity index (χ2v) is 4.89. The lowest BCUT2D eigenvalue weighted by Crippen LogP contribution is -2.15. The molecule has 1 heteroatoms. The molecule has 0 aromatic heterocycles. The van der Waals surface area contributed by atoms with Crippen LogP contribution in [0.5, 0.6) is 5.75 Å². The van der Waals surface area contributed by atoms with E-state index in [-0.39, 0.29) is 6.10 Å². The minimum absolute atomic E-state index is 0.175. The van der Waals surface area contributed by atoms with Gasteiger partial charge in [0.2, 0.25) is 0 Å². The molecular formula is C17H18O. The summed E-state index contributed by atoms with van der Waals surface area (Å²) in [4.78, 5) is 0. The van der Waals surface area contributed by atoms with Crippen LogP contribution in [-0.2, 0) is 0 Å². The molecule has 0 saturated carbocycles. The van der Waals surface area contributed by atoms with Crippen molar-refractivity contribution in [3.05, 3.63) is 66.3 Å². The zero-order valence-electron chi connectivity index (χ0n) is 10.7. The summed E-state index contributed by atoms with van der Waals surface area (Å²) in [6, 6.07) is 6.49. The molecule has 1 aromatic rings. The van der Waals surface area contributed by atoms with Gasteiger partial charge in [0.05, 0.1) is 0 Å². The van der Waals surface area contributed by atoms with E-state index in [4.69, 9.17) is 4.74 Å². The van der Waals surface area contributed by atoms with Crippen LogP contribution in [0.25, 0.3) is 0 Å². The van der Waals surface area contributed by atoms with E-state index in [2.05, 4.69) is 56.0 Å². The molecule has 0 bridgehead atoms. The van der Waals surface area contributed by atoms with E-state index in [0.717, 1.165) is 12.2 Å². The lowest BCUT2D eigenvalue weighted by Gasteiger charge is -2.15. The minimum atomic E-state index is 0.175. The van der Waals surface area contributed by atoms with Gasteiger partial charge in [-0.25, -0.2) is 0 Å². The first-order valence-electron chi connectivity index (χ1n) is 6.62. The summed E-state index contributed by atoms with van der Waals surface area (Å²) in [5.41, 5.74) is 2.60. The van der Waals surface area contributed by atoms with Crippen molar-refractivity contribution in [1.82, 2.24) is 0 Å². The number of allylic oxidation sites excluding steroid dienone is 3. The van der Waals surface area contributed by atoms with Crippen molar-refractivity contribution >= 4 is 0 Å². The highest BCUT2D eigenvalue weighted by Gasteiger charge is 2.34. The Labute approximate surface area is 108 Å². The van der Waals surface area contributed by atoms with Gasteiger partial charge in [-0.3, -0.25) is 0 Å². The van der Waals surface area contributed by atoms with Crippen molar-refractivity contribution in [2.24, 2.45) is 0 Å². The number of rotatable bonds is 3. The molecule has 0 saturated heterocycles. The number of fused-ring (bicyclic) bond motifs is 3. The number of para-hydroxylation sites is 1. The maximum absolute atomic E-state index is 6.14. The van der Waals surface area contributed by atoms with Crippen molar-refractivity contribution in [3.63, 3.8) is 0 Å². The SMILES string of the molecule is C=CC(CC)c1cccc2c1OC1C=CC=CC21. The fraction of sp³-hybridized carbons (Fsp3) is 0.294. The molecule has 1 aromatic carbocycles. The van der Waals surface area contributed by atoms with Gasteiger partial charge in [-0.2, -0.15) is 0 Å². The third-order valence-corrected chi connectivity index (χ3v) is 3.90. The molecule has 3 rings (SSSR count). The molecule has 1 heterocycles.